The van der Waals surface area contributed by atoms with Gasteiger partial charge in [0.15, 0.2) is 21.5 Å². The smallest absolute Gasteiger partial charge is 0.255 e. The quantitative estimate of drug-likeness (QED) is 0.336. The molecule has 3 aliphatic rings. The van der Waals surface area contributed by atoms with E-state index in [1.807, 2.05) is 0 Å². The molecule has 4 unspecified atom stereocenters. The Morgan fingerprint density at radius 1 is 1.13 bits per heavy atom. The number of rotatable bonds is 7. The maximum atomic E-state index is 13.6. The highest BCUT2D eigenvalue weighted by atomic mass is 35.5. The van der Waals surface area contributed by atoms with Gasteiger partial charge in [0.25, 0.3) is 5.91 Å². The molecule has 39 heavy (non-hydrogen) atoms. The Morgan fingerprint density at radius 2 is 1.82 bits per heavy atom. The molecule has 2 bridgehead atoms. The maximum Gasteiger partial charge on any atom is 0.255 e. The van der Waals surface area contributed by atoms with Crippen molar-refractivity contribution in [3.05, 3.63) is 76.6 Å². The standard InChI is InChI=1S/C26H26ClF2N3O6S/c1-32-12-14(11-30-32)23(33)24(34)26(36)15-7-16(26)9-18(8-15)39(37,38)22-6-13(2-4-19(22)27)25(35)31-17-3-5-20(28)21(29)10-17/h2-6,10-12,15-16,18,23-24,33-34,36H,7-9H2,1H3,(H,31,35)/t15?,16?,18-,23?,24?,26-. The monoisotopic (exact) mass is 581 g/mol. The number of aliphatic hydroxyl groups excluding tert-OH is 2. The van der Waals surface area contributed by atoms with Crippen LogP contribution in [0.15, 0.2) is 53.7 Å². The number of aliphatic hydroxyl groups is 3. The Hall–Kier alpha value is -2.90. The molecule has 9 nitrogen and oxygen atoms in total. The molecule has 0 spiro atoms. The molecule has 208 valence electrons. The lowest BCUT2D eigenvalue weighted by Gasteiger charge is -2.60. The Morgan fingerprint density at radius 3 is 2.44 bits per heavy atom. The number of hydrogen-bond donors (Lipinski definition) is 4. The first-order valence-corrected chi connectivity index (χ1v) is 14.1. The summed E-state index contributed by atoms with van der Waals surface area (Å²) in [4.78, 5) is 12.5. The van der Waals surface area contributed by atoms with Crippen LogP contribution >= 0.6 is 11.6 Å². The summed E-state index contributed by atoms with van der Waals surface area (Å²) in [6.45, 7) is 0. The zero-order valence-corrected chi connectivity index (χ0v) is 22.2. The molecule has 3 aromatic rings. The van der Waals surface area contributed by atoms with Gasteiger partial charge in [-0.2, -0.15) is 5.10 Å². The number of benzene rings is 2. The van der Waals surface area contributed by atoms with Crippen LogP contribution in [-0.2, 0) is 16.9 Å². The molecule has 3 saturated carbocycles. The third-order valence-electron chi connectivity index (χ3n) is 7.93. The highest BCUT2D eigenvalue weighted by Gasteiger charge is 2.64. The van der Waals surface area contributed by atoms with Gasteiger partial charge in [0.05, 0.1) is 27.0 Å². The van der Waals surface area contributed by atoms with Crippen molar-refractivity contribution in [2.24, 2.45) is 18.9 Å². The van der Waals surface area contributed by atoms with Crippen LogP contribution in [0.2, 0.25) is 5.02 Å². The number of nitrogens with one attached hydrogen (secondary N) is 1. The Balaban J connectivity index is 1.34. The fraction of sp³-hybridized carbons (Fsp3) is 0.385. The van der Waals surface area contributed by atoms with E-state index >= 15 is 0 Å². The number of amides is 1. The third kappa shape index (κ3) is 4.74. The fourth-order valence-electron chi connectivity index (χ4n) is 5.78. The van der Waals surface area contributed by atoms with Crippen molar-refractivity contribution in [2.75, 3.05) is 5.32 Å². The zero-order chi connectivity index (χ0) is 28.3. The Bertz CT molecular complexity index is 1540. The minimum atomic E-state index is -4.07. The van der Waals surface area contributed by atoms with Gasteiger partial charge in [-0.1, -0.05) is 11.6 Å². The number of sulfone groups is 1. The number of nitrogens with zero attached hydrogens (tertiary/aromatic N) is 2. The van der Waals surface area contributed by atoms with E-state index in [1.165, 1.54) is 35.3 Å². The molecule has 4 atom stereocenters. The number of carbonyl (C=O) groups excluding carboxylic acids is 1. The van der Waals surface area contributed by atoms with Gasteiger partial charge in [-0.05, 0) is 61.4 Å². The summed E-state index contributed by atoms with van der Waals surface area (Å²) in [7, 11) is -2.42. The van der Waals surface area contributed by atoms with Crippen molar-refractivity contribution in [2.45, 2.75) is 47.2 Å². The van der Waals surface area contributed by atoms with Crippen LogP contribution in [0.25, 0.3) is 0 Å². The van der Waals surface area contributed by atoms with Gasteiger partial charge in [-0.25, -0.2) is 17.2 Å². The lowest BCUT2D eigenvalue weighted by atomic mass is 9.51. The SMILES string of the molecule is Cn1cc(C(O)C(O)[C@]2(O)C3CC2C[C@@H](S(=O)(=O)c2cc(C(=O)Nc4ccc(F)c(F)c4)ccc2Cl)C3)cn1. The van der Waals surface area contributed by atoms with Crippen LogP contribution in [0.1, 0.15) is 41.3 Å². The van der Waals surface area contributed by atoms with Gasteiger partial charge in [-0.3, -0.25) is 9.48 Å². The summed E-state index contributed by atoms with van der Waals surface area (Å²) in [6.07, 6.45) is 0.501. The number of aryl methyl sites for hydroxylation is 1. The highest BCUT2D eigenvalue weighted by Crippen LogP contribution is 2.58. The first-order chi connectivity index (χ1) is 18.3. The fourth-order valence-corrected chi connectivity index (χ4v) is 8.18. The maximum absolute atomic E-state index is 13.6. The molecular formula is C26H26ClF2N3O6S. The van der Waals surface area contributed by atoms with E-state index < -0.39 is 62.3 Å². The van der Waals surface area contributed by atoms with Gasteiger partial charge in [0.1, 0.15) is 12.2 Å². The van der Waals surface area contributed by atoms with Gasteiger partial charge in [0.2, 0.25) is 0 Å². The molecule has 2 aromatic carbocycles. The van der Waals surface area contributed by atoms with Crippen LogP contribution in [0.3, 0.4) is 0 Å². The van der Waals surface area contributed by atoms with E-state index in [4.69, 9.17) is 11.6 Å². The number of fused-ring (bicyclic) bond motifs is 2. The number of halogens is 3. The van der Waals surface area contributed by atoms with Gasteiger partial charge in [0, 0.05) is 36.1 Å². The van der Waals surface area contributed by atoms with Crippen molar-refractivity contribution in [3.63, 3.8) is 0 Å². The first kappa shape index (κ1) is 27.7. The summed E-state index contributed by atoms with van der Waals surface area (Å²) >= 11 is 6.24. The molecule has 13 heteroatoms. The predicted molar refractivity (Wildman–Crippen MR) is 137 cm³/mol. The van der Waals surface area contributed by atoms with E-state index in [1.54, 1.807) is 7.05 Å². The van der Waals surface area contributed by atoms with Crippen LogP contribution in [-0.4, -0.2) is 56.4 Å². The third-order valence-corrected chi connectivity index (χ3v) is 10.6. The molecule has 3 fully saturated rings. The van der Waals surface area contributed by atoms with Gasteiger partial charge in [-0.15, -0.1) is 0 Å². The largest absolute Gasteiger partial charge is 0.387 e. The molecule has 1 aromatic heterocycles. The van der Waals surface area contributed by atoms with Crippen molar-refractivity contribution >= 4 is 33.0 Å². The van der Waals surface area contributed by atoms with Crippen molar-refractivity contribution in [1.29, 1.82) is 0 Å². The summed E-state index contributed by atoms with van der Waals surface area (Å²) in [5, 5.41) is 38.2. The highest BCUT2D eigenvalue weighted by molar-refractivity contribution is 7.92. The molecule has 1 heterocycles. The van der Waals surface area contributed by atoms with E-state index in [-0.39, 0.29) is 34.0 Å². The minimum Gasteiger partial charge on any atom is -0.387 e. The van der Waals surface area contributed by atoms with Gasteiger partial charge < -0.3 is 20.6 Å². The average molecular weight is 582 g/mol. The molecule has 0 aliphatic heterocycles. The molecule has 0 radical (unpaired) electrons. The second-order valence-corrected chi connectivity index (χ2v) is 12.8. The Labute approximate surface area is 228 Å². The first-order valence-electron chi connectivity index (χ1n) is 12.2. The van der Waals surface area contributed by atoms with E-state index in [0.29, 0.717) is 12.0 Å². The summed E-state index contributed by atoms with van der Waals surface area (Å²) < 4.78 is 55.4. The topological polar surface area (TPSA) is 142 Å². The summed E-state index contributed by atoms with van der Waals surface area (Å²) in [5.41, 5.74) is -1.41. The average Bonchev–Trinajstić information content (AvgIpc) is 3.35. The van der Waals surface area contributed by atoms with Crippen molar-refractivity contribution in [1.82, 2.24) is 9.78 Å². The second-order valence-electron chi connectivity index (χ2n) is 10.2. The number of hydrogen-bond acceptors (Lipinski definition) is 7. The molecule has 1 amide bonds. The lowest BCUT2D eigenvalue weighted by Crippen LogP contribution is -2.68. The zero-order valence-electron chi connectivity index (χ0n) is 20.6. The predicted octanol–water partition coefficient (Wildman–Crippen LogP) is 3.00. The molecule has 4 N–H and O–H groups in total. The normalized spacial score (nSPS) is 26.0. The van der Waals surface area contributed by atoms with E-state index in [2.05, 4.69) is 10.4 Å². The summed E-state index contributed by atoms with van der Waals surface area (Å²) in [5.74, 6) is -4.15. The van der Waals surface area contributed by atoms with Crippen molar-refractivity contribution in [3.8, 4) is 0 Å². The van der Waals surface area contributed by atoms with Crippen LogP contribution in [0.4, 0.5) is 14.5 Å². The van der Waals surface area contributed by atoms with Crippen molar-refractivity contribution < 1.29 is 37.3 Å². The summed E-state index contributed by atoms with van der Waals surface area (Å²) in [6, 6.07) is 6.52. The molecular weight excluding hydrogens is 556 g/mol. The number of anilines is 1. The lowest BCUT2D eigenvalue weighted by molar-refractivity contribution is -0.252. The minimum absolute atomic E-state index is 0.0167. The van der Waals surface area contributed by atoms with Crippen LogP contribution in [0, 0.1) is 23.5 Å². The molecule has 3 aliphatic carbocycles. The number of carbonyl (C=O) groups is 1. The number of aromatic nitrogens is 2. The van der Waals surface area contributed by atoms with E-state index in [0.717, 1.165) is 18.2 Å². The van der Waals surface area contributed by atoms with Gasteiger partial charge >= 0.3 is 0 Å². The van der Waals surface area contributed by atoms with E-state index in [9.17, 15) is 37.3 Å². The second kappa shape index (κ2) is 9.93. The van der Waals surface area contributed by atoms with Crippen LogP contribution < -0.4 is 5.32 Å². The van der Waals surface area contributed by atoms with Crippen LogP contribution in [0.5, 0.6) is 0 Å². The molecule has 0 saturated heterocycles. The Kier molecular flexibility index (Phi) is 7.04. The molecule has 6 rings (SSSR count).